The van der Waals surface area contributed by atoms with Crippen LogP contribution in [0.2, 0.25) is 0 Å². The lowest BCUT2D eigenvalue weighted by atomic mass is 10.3. The van der Waals surface area contributed by atoms with Gasteiger partial charge in [0.25, 0.3) is 0 Å². The Labute approximate surface area is 98.6 Å². The van der Waals surface area contributed by atoms with Crippen molar-refractivity contribution in [1.82, 2.24) is 10.2 Å². The summed E-state index contributed by atoms with van der Waals surface area (Å²) in [5, 5.41) is 20.8. The number of nitrogens with zero attached hydrogens (tertiary/aromatic N) is 1. The fourth-order valence-corrected chi connectivity index (χ4v) is 1.93. The molecule has 1 aliphatic rings. The maximum Gasteiger partial charge on any atom is 0.0443 e. The minimum Gasteiger partial charge on any atom is -0.396 e. The van der Waals surface area contributed by atoms with E-state index in [2.05, 4.69) is 10.2 Å². The molecule has 1 fully saturated rings. The smallest absolute Gasteiger partial charge is 0.0443 e. The molecule has 3 N–H and O–H groups in total. The molecule has 4 nitrogen and oxygen atoms in total. The molecule has 16 heavy (non-hydrogen) atoms. The van der Waals surface area contributed by atoms with E-state index in [-0.39, 0.29) is 6.61 Å². The van der Waals surface area contributed by atoms with Crippen molar-refractivity contribution < 1.29 is 10.2 Å². The highest BCUT2D eigenvalue weighted by Gasteiger charge is 2.27. The van der Waals surface area contributed by atoms with Crippen LogP contribution in [0.5, 0.6) is 0 Å². The van der Waals surface area contributed by atoms with E-state index in [0.717, 1.165) is 51.5 Å². The highest BCUT2D eigenvalue weighted by molar-refractivity contribution is 4.84. The average molecular weight is 230 g/mol. The molecular weight excluding hydrogens is 204 g/mol. The van der Waals surface area contributed by atoms with Crippen molar-refractivity contribution in [3.05, 3.63) is 0 Å². The SMILES string of the molecule is OCCCNCCCN(CCCO)C1CC1. The van der Waals surface area contributed by atoms with Gasteiger partial charge < -0.3 is 20.4 Å². The Morgan fingerprint density at radius 1 is 0.938 bits per heavy atom. The van der Waals surface area contributed by atoms with E-state index >= 15 is 0 Å². The summed E-state index contributed by atoms with van der Waals surface area (Å²) in [4.78, 5) is 2.50. The van der Waals surface area contributed by atoms with Gasteiger partial charge in [0.2, 0.25) is 0 Å². The van der Waals surface area contributed by atoms with Crippen LogP contribution in [0.1, 0.15) is 32.1 Å². The van der Waals surface area contributed by atoms with Gasteiger partial charge in [0.15, 0.2) is 0 Å². The van der Waals surface area contributed by atoms with Crippen molar-refractivity contribution in [3.8, 4) is 0 Å². The average Bonchev–Trinajstić information content (AvgIpc) is 3.11. The topological polar surface area (TPSA) is 55.7 Å². The quantitative estimate of drug-likeness (QED) is 0.444. The van der Waals surface area contributed by atoms with Gasteiger partial charge in [0.1, 0.15) is 0 Å². The molecule has 0 bridgehead atoms. The molecule has 0 aromatic rings. The molecule has 0 unspecified atom stereocenters. The van der Waals surface area contributed by atoms with Crippen LogP contribution in [0.15, 0.2) is 0 Å². The third kappa shape index (κ3) is 6.43. The van der Waals surface area contributed by atoms with Crippen LogP contribution < -0.4 is 5.32 Å². The molecule has 0 aliphatic heterocycles. The lowest BCUT2D eigenvalue weighted by molar-refractivity contribution is 0.215. The first-order valence-corrected chi connectivity index (χ1v) is 6.55. The van der Waals surface area contributed by atoms with Gasteiger partial charge in [-0.1, -0.05) is 0 Å². The molecule has 0 atom stereocenters. The van der Waals surface area contributed by atoms with Crippen LogP contribution in [0.3, 0.4) is 0 Å². The number of hydrogen-bond acceptors (Lipinski definition) is 4. The summed E-state index contributed by atoms with van der Waals surface area (Å²) < 4.78 is 0. The summed E-state index contributed by atoms with van der Waals surface area (Å²) in [7, 11) is 0. The number of aliphatic hydroxyl groups excluding tert-OH is 2. The summed E-state index contributed by atoms with van der Waals surface area (Å²) in [6.07, 6.45) is 5.57. The predicted molar refractivity (Wildman–Crippen MR) is 65.5 cm³/mol. The molecule has 0 spiro atoms. The zero-order valence-electron chi connectivity index (χ0n) is 10.2. The first-order chi connectivity index (χ1) is 7.88. The van der Waals surface area contributed by atoms with Gasteiger partial charge in [-0.15, -0.1) is 0 Å². The van der Waals surface area contributed by atoms with Crippen LogP contribution in [0.4, 0.5) is 0 Å². The first-order valence-electron chi connectivity index (χ1n) is 6.55. The molecule has 1 rings (SSSR count). The summed E-state index contributed by atoms with van der Waals surface area (Å²) in [6, 6.07) is 0.795. The number of hydrogen-bond donors (Lipinski definition) is 3. The monoisotopic (exact) mass is 230 g/mol. The standard InChI is InChI=1S/C12H26N2O2/c15-10-2-7-13-6-1-8-14(9-3-11-16)12-4-5-12/h12-13,15-16H,1-11H2. The van der Waals surface area contributed by atoms with Crippen molar-refractivity contribution in [2.24, 2.45) is 0 Å². The third-order valence-corrected chi connectivity index (χ3v) is 2.98. The first kappa shape index (κ1) is 13.9. The van der Waals surface area contributed by atoms with Gasteiger partial charge in [0.05, 0.1) is 0 Å². The second-order valence-corrected chi connectivity index (χ2v) is 4.53. The Morgan fingerprint density at radius 2 is 1.56 bits per heavy atom. The molecule has 4 heteroatoms. The van der Waals surface area contributed by atoms with Crippen LogP contribution in [-0.4, -0.2) is 60.5 Å². The van der Waals surface area contributed by atoms with Gasteiger partial charge in [-0.2, -0.15) is 0 Å². The molecule has 96 valence electrons. The summed E-state index contributed by atoms with van der Waals surface area (Å²) in [6.45, 7) is 4.70. The lowest BCUT2D eigenvalue weighted by Gasteiger charge is -2.21. The zero-order chi connectivity index (χ0) is 11.6. The van der Waals surface area contributed by atoms with Crippen LogP contribution in [-0.2, 0) is 0 Å². The van der Waals surface area contributed by atoms with Crippen molar-refractivity contribution >= 4 is 0 Å². The summed E-state index contributed by atoms with van der Waals surface area (Å²) >= 11 is 0. The van der Waals surface area contributed by atoms with Crippen LogP contribution >= 0.6 is 0 Å². The fourth-order valence-electron chi connectivity index (χ4n) is 1.93. The van der Waals surface area contributed by atoms with E-state index in [4.69, 9.17) is 10.2 Å². The molecule has 0 aromatic carbocycles. The van der Waals surface area contributed by atoms with E-state index in [1.165, 1.54) is 12.8 Å². The van der Waals surface area contributed by atoms with E-state index in [1.807, 2.05) is 0 Å². The maximum atomic E-state index is 8.82. The minimum absolute atomic E-state index is 0.275. The highest BCUT2D eigenvalue weighted by atomic mass is 16.3. The van der Waals surface area contributed by atoms with E-state index in [9.17, 15) is 0 Å². The predicted octanol–water partition coefficient (Wildman–Crippen LogP) is 0.195. The van der Waals surface area contributed by atoms with Gasteiger partial charge in [-0.05, 0) is 51.7 Å². The Morgan fingerprint density at radius 3 is 2.19 bits per heavy atom. The molecule has 1 saturated carbocycles. The molecule has 0 radical (unpaired) electrons. The van der Waals surface area contributed by atoms with Crippen molar-refractivity contribution in [2.75, 3.05) is 39.4 Å². The van der Waals surface area contributed by atoms with E-state index in [0.29, 0.717) is 6.61 Å². The lowest BCUT2D eigenvalue weighted by Crippen LogP contribution is -2.31. The molecule has 0 amide bonds. The number of aliphatic hydroxyl groups is 2. The number of rotatable bonds is 11. The normalized spacial score (nSPS) is 15.9. The van der Waals surface area contributed by atoms with Crippen molar-refractivity contribution in [3.63, 3.8) is 0 Å². The minimum atomic E-state index is 0.275. The third-order valence-electron chi connectivity index (χ3n) is 2.98. The van der Waals surface area contributed by atoms with Gasteiger partial charge >= 0.3 is 0 Å². The van der Waals surface area contributed by atoms with Crippen molar-refractivity contribution in [2.45, 2.75) is 38.1 Å². The largest absolute Gasteiger partial charge is 0.396 e. The Balaban J connectivity index is 1.95. The second kappa shape index (κ2) is 8.93. The van der Waals surface area contributed by atoms with Crippen molar-refractivity contribution in [1.29, 1.82) is 0 Å². The number of nitrogens with one attached hydrogen (secondary N) is 1. The van der Waals surface area contributed by atoms with Gasteiger partial charge in [-0.3, -0.25) is 0 Å². The molecular formula is C12H26N2O2. The van der Waals surface area contributed by atoms with Crippen LogP contribution in [0, 0.1) is 0 Å². The van der Waals surface area contributed by atoms with Gasteiger partial charge in [0, 0.05) is 25.8 Å². The highest BCUT2D eigenvalue weighted by Crippen LogP contribution is 2.26. The molecule has 1 aliphatic carbocycles. The Bertz CT molecular complexity index is 163. The molecule has 0 heterocycles. The van der Waals surface area contributed by atoms with Gasteiger partial charge in [-0.25, -0.2) is 0 Å². The summed E-state index contributed by atoms with van der Waals surface area (Å²) in [5.74, 6) is 0. The Kier molecular flexibility index (Phi) is 7.76. The fraction of sp³-hybridized carbons (Fsp3) is 1.00. The second-order valence-electron chi connectivity index (χ2n) is 4.53. The van der Waals surface area contributed by atoms with E-state index in [1.54, 1.807) is 0 Å². The maximum absolute atomic E-state index is 8.82. The van der Waals surface area contributed by atoms with Crippen LogP contribution in [0.25, 0.3) is 0 Å². The molecule has 0 aromatic heterocycles. The van der Waals surface area contributed by atoms with E-state index < -0.39 is 0 Å². The summed E-state index contributed by atoms with van der Waals surface area (Å²) in [5.41, 5.74) is 0. The molecule has 0 saturated heterocycles. The Hall–Kier alpha value is -0.160. The zero-order valence-corrected chi connectivity index (χ0v) is 10.2.